The van der Waals surface area contributed by atoms with Crippen molar-refractivity contribution in [3.63, 3.8) is 0 Å². The molecule has 0 saturated heterocycles. The molecular weight excluding hydrogens is 1790 g/mol. The van der Waals surface area contributed by atoms with Crippen LogP contribution in [0.2, 0.25) is 0 Å². The molecule has 0 spiro atoms. The van der Waals surface area contributed by atoms with Crippen LogP contribution in [0.1, 0.15) is 237 Å². The maximum absolute atomic E-state index is 10.2. The number of hydrogen-bond acceptors (Lipinski definition) is 4. The third-order valence-corrected chi connectivity index (χ3v) is 21.3. The highest BCUT2D eigenvalue weighted by atomic mass is 32.1. The second kappa shape index (κ2) is 80.6. The van der Waals surface area contributed by atoms with E-state index in [1.54, 1.807) is 21.2 Å². The van der Waals surface area contributed by atoms with E-state index in [2.05, 4.69) is 581 Å². The molecule has 0 atom stereocenters. The summed E-state index contributed by atoms with van der Waals surface area (Å²) in [6, 6.07) is 183. The Balaban J connectivity index is 0.00000159. The van der Waals surface area contributed by atoms with E-state index in [1.165, 1.54) is 126 Å². The standard InChI is InChI=1S/C25H20.3C15H16.2C10H8.3C7H8.C6H6.C3H3N3O3.5C3H8.CH4S.3CH4/c1-5-13-21(14-6-1)25(22-15-7-2-8-16-22,23-17-9-3-10-18-23)24-19-11-4-12-20-24;3*1-15(2,13-9-5-3-6-10-13)14-11-7-4-8-12-14;2*1-2-6-10-8-4-3-7-9(10)5-1;3*1-7-5-3-2-4-6-7;1-2-4-6-5-3-1;7-1-4-2(8)6-3(9)5-1;5*1-3-2;1-2;;;/h1-20H;3*3-12H,1-2H3;2*1-8H;3*2-6H,1H3;1-6H;(H3,4,5,6,7,8,9);5*3H2,1-2H3;2H,1H3;3*1H4. The minimum Gasteiger partial charge on any atom is -0.259 e. The summed E-state index contributed by atoms with van der Waals surface area (Å²) < 4.78 is 0. The van der Waals surface area contributed by atoms with Crippen molar-refractivity contribution < 1.29 is 0 Å². The first-order chi connectivity index (χ1) is 69.4. The summed E-state index contributed by atoms with van der Waals surface area (Å²) in [7, 11) is 0. The monoisotopic (exact) mass is 1960 g/mol. The van der Waals surface area contributed by atoms with Gasteiger partial charge >= 0.3 is 17.1 Å². The van der Waals surface area contributed by atoms with Gasteiger partial charge in [-0.1, -0.05) is 710 Å². The van der Waals surface area contributed by atoms with Gasteiger partial charge in [0, 0.05) is 16.2 Å². The normalized spacial score (nSPS) is 9.60. The highest BCUT2D eigenvalue weighted by Gasteiger charge is 2.38. The first-order valence-corrected chi connectivity index (χ1v) is 51.2. The third-order valence-electron chi connectivity index (χ3n) is 21.3. The molecule has 19 aromatic rings. The zero-order valence-corrected chi connectivity index (χ0v) is 89.8. The number of nitrogens with one attached hydrogen (secondary N) is 3. The van der Waals surface area contributed by atoms with Crippen LogP contribution in [0, 0.1) is 20.8 Å². The lowest BCUT2D eigenvalue weighted by Gasteiger charge is -2.36. The fourth-order valence-electron chi connectivity index (χ4n) is 14.0. The molecule has 0 fully saturated rings. The molecule has 1 aromatic heterocycles. The molecule has 0 aliphatic heterocycles. The van der Waals surface area contributed by atoms with Crippen molar-refractivity contribution in [2.24, 2.45) is 0 Å². The largest absolute Gasteiger partial charge is 0.330 e. The Kier molecular flexibility index (Phi) is 72.5. The Morgan fingerprint density at radius 1 is 0.164 bits per heavy atom. The molecule has 146 heavy (non-hydrogen) atoms. The predicted molar refractivity (Wildman–Crippen MR) is 651 cm³/mol. The van der Waals surface area contributed by atoms with Gasteiger partial charge in [-0.25, -0.2) is 14.4 Å². The molecule has 0 amide bonds. The Morgan fingerprint density at radius 2 is 0.253 bits per heavy atom. The molecule has 19 rings (SSSR count). The Hall–Kier alpha value is -14.8. The minimum atomic E-state index is -0.802. The van der Waals surface area contributed by atoms with Gasteiger partial charge in [0.15, 0.2) is 0 Å². The molecule has 0 bridgehead atoms. The fourth-order valence-corrected chi connectivity index (χ4v) is 14.0. The highest BCUT2D eigenvalue weighted by Crippen LogP contribution is 2.45. The Bertz CT molecular complexity index is 5480. The van der Waals surface area contributed by atoms with Gasteiger partial charge in [-0.2, -0.15) is 12.6 Å². The minimum absolute atomic E-state index is 0. The lowest BCUT2D eigenvalue weighted by Crippen LogP contribution is -2.34. The fraction of sp³-hybridized carbons (Fsp3) is 0.230. The van der Waals surface area contributed by atoms with Crippen LogP contribution in [0.4, 0.5) is 0 Å². The van der Waals surface area contributed by atoms with Crippen LogP contribution >= 0.6 is 12.6 Å². The van der Waals surface area contributed by atoms with Crippen molar-refractivity contribution in [3.8, 4) is 0 Å². The number of aromatic nitrogens is 3. The topological polar surface area (TPSA) is 98.6 Å². The number of rotatable bonds is 10. The summed E-state index contributed by atoms with van der Waals surface area (Å²) in [5, 5.41) is 5.24. The van der Waals surface area contributed by atoms with Crippen LogP contribution in [0.3, 0.4) is 0 Å². The molecular formula is C139H173N3O3S. The third kappa shape index (κ3) is 51.5. The van der Waals surface area contributed by atoms with Crippen molar-refractivity contribution in [1.82, 2.24) is 15.0 Å². The van der Waals surface area contributed by atoms with Gasteiger partial charge in [-0.3, -0.25) is 15.0 Å². The summed E-state index contributed by atoms with van der Waals surface area (Å²) in [4.78, 5) is 35.9. The zero-order valence-electron chi connectivity index (χ0n) is 88.9. The van der Waals surface area contributed by atoms with Gasteiger partial charge in [-0.15, -0.1) is 0 Å². The van der Waals surface area contributed by atoms with Gasteiger partial charge in [0.1, 0.15) is 0 Å². The number of hydrogen-bond donors (Lipinski definition) is 4. The summed E-state index contributed by atoms with van der Waals surface area (Å²) in [6.07, 6.45) is 7.94. The van der Waals surface area contributed by atoms with Gasteiger partial charge in [0.25, 0.3) is 0 Å². The van der Waals surface area contributed by atoms with Crippen molar-refractivity contribution in [1.29, 1.82) is 0 Å². The van der Waals surface area contributed by atoms with Gasteiger partial charge in [0.2, 0.25) is 0 Å². The highest BCUT2D eigenvalue weighted by molar-refractivity contribution is 7.79. The van der Waals surface area contributed by atoms with E-state index < -0.39 is 17.1 Å². The quantitative estimate of drug-likeness (QED) is 0.0811. The number of benzene rings is 18. The molecule has 0 aliphatic carbocycles. The van der Waals surface area contributed by atoms with Crippen molar-refractivity contribution >= 4 is 34.2 Å². The Labute approximate surface area is 888 Å². The molecule has 6 nitrogen and oxygen atoms in total. The van der Waals surface area contributed by atoms with Crippen LogP contribution < -0.4 is 17.1 Å². The maximum Gasteiger partial charge on any atom is 0.330 e. The molecule has 0 saturated carbocycles. The zero-order chi connectivity index (χ0) is 105. The van der Waals surface area contributed by atoms with Gasteiger partial charge in [0.05, 0.1) is 5.41 Å². The number of aromatic amines is 3. The number of aryl methyl sites for hydroxylation is 3. The van der Waals surface area contributed by atoms with Crippen LogP contribution in [0.15, 0.2) is 542 Å². The van der Waals surface area contributed by atoms with Gasteiger partial charge < -0.3 is 0 Å². The molecule has 0 unspecified atom stereocenters. The van der Waals surface area contributed by atoms with E-state index in [4.69, 9.17) is 0 Å². The SMILES string of the molecule is C.C.C.CC(C)(c1ccccc1)c1ccccc1.CC(C)(c1ccccc1)c1ccccc1.CC(C)(c1ccccc1)c1ccccc1.CCC.CCC.CCC.CCC.CCC.CS.Cc1ccccc1.Cc1ccccc1.Cc1ccccc1.O=c1[nH]c(=O)[nH]c(=O)[nH]1.c1ccc(C(c2ccccc2)(c2ccccc2)c2ccccc2)cc1.c1ccc2ccccc2c1.c1ccc2ccccc2c1.c1ccccc1. The molecule has 1 heterocycles. The average molecular weight is 1970 g/mol. The number of thiol groups is 1. The lowest BCUT2D eigenvalue weighted by atomic mass is 9.65. The summed E-state index contributed by atoms with van der Waals surface area (Å²) in [5.41, 5.74) is 14.7. The van der Waals surface area contributed by atoms with Crippen LogP contribution in [-0.2, 0) is 21.7 Å². The van der Waals surface area contributed by atoms with E-state index in [0.717, 1.165) is 0 Å². The van der Waals surface area contributed by atoms with Crippen molar-refractivity contribution in [3.05, 3.63) is 632 Å². The first-order valence-electron chi connectivity index (χ1n) is 50.3. The van der Waals surface area contributed by atoms with Gasteiger partial charge in [-0.05, 0) is 104 Å². The average Bonchev–Trinajstić information content (AvgIpc) is 0.735. The second-order valence-corrected chi connectivity index (χ2v) is 35.0. The number of fused-ring (bicyclic) bond motifs is 2. The van der Waals surface area contributed by atoms with Crippen LogP contribution in [-0.4, -0.2) is 21.2 Å². The predicted octanol–water partition coefficient (Wildman–Crippen LogP) is 38.7. The van der Waals surface area contributed by atoms with Crippen molar-refractivity contribution in [2.75, 3.05) is 6.26 Å². The molecule has 18 aromatic carbocycles. The summed E-state index contributed by atoms with van der Waals surface area (Å²) in [5.74, 6) is 0. The van der Waals surface area contributed by atoms with E-state index in [0.29, 0.717) is 0 Å². The van der Waals surface area contributed by atoms with E-state index in [9.17, 15) is 14.4 Å². The maximum atomic E-state index is 10.2. The number of H-pyrrole nitrogens is 3. The van der Waals surface area contributed by atoms with E-state index >= 15 is 0 Å². The summed E-state index contributed by atoms with van der Waals surface area (Å²) >= 11 is 3.53. The lowest BCUT2D eigenvalue weighted by molar-refractivity contribution is 0.641. The molecule has 0 aliphatic rings. The summed E-state index contributed by atoms with van der Waals surface area (Å²) in [6.45, 7) is 41.1. The smallest absolute Gasteiger partial charge is 0.259 e. The second-order valence-electron chi connectivity index (χ2n) is 35.0. The van der Waals surface area contributed by atoms with E-state index in [-0.39, 0.29) is 43.9 Å². The first kappa shape index (κ1) is 131. The van der Waals surface area contributed by atoms with Crippen molar-refractivity contribution in [2.45, 2.75) is 208 Å². The molecule has 0 radical (unpaired) electrons. The molecule has 7 heteroatoms. The molecule has 768 valence electrons. The van der Waals surface area contributed by atoms with Crippen LogP contribution in [0.5, 0.6) is 0 Å². The van der Waals surface area contributed by atoms with E-state index in [1.807, 2.05) is 91.0 Å². The Morgan fingerprint density at radius 3 is 0.356 bits per heavy atom. The molecule has 3 N–H and O–H groups in total. The van der Waals surface area contributed by atoms with Crippen LogP contribution in [0.25, 0.3) is 21.5 Å².